The average Bonchev–Trinajstić information content (AvgIpc) is 2.80. The Hall–Kier alpha value is -2.70. The molecule has 142 valence electrons. The topological polar surface area (TPSA) is 178 Å². The fraction of sp³-hybridized carbons (Fsp3) is 0.571. The molecule has 1 fully saturated rings. The molecule has 1 saturated heterocycles. The third-order valence-corrected chi connectivity index (χ3v) is 3.97. The zero-order chi connectivity index (χ0) is 19.8. The Morgan fingerprint density at radius 2 is 1.77 bits per heavy atom. The number of hydrogen-bond donors (Lipinski definition) is 3. The standard InChI is InChI=1S/C14H17N3O9/c1-5(18)14(6(2)19,26-7(3)20)11-9(22)10(23)12(25-11)17-13(24)16-8(21)4-15-17/h4,9-12,22-23H,1-3H3,(H,16,21,24)/t9-,10+,11-,12+/m0/s1. The number of Topliss-reactive ketones (excluding diaryl/α,β-unsaturated/α-hetero) is 2. The van der Waals surface area contributed by atoms with Crippen LogP contribution in [0.3, 0.4) is 0 Å². The molecule has 1 aliphatic heterocycles. The molecule has 0 bridgehead atoms. The van der Waals surface area contributed by atoms with E-state index in [1.54, 1.807) is 0 Å². The van der Waals surface area contributed by atoms with Crippen LogP contribution in [0.4, 0.5) is 0 Å². The molecule has 3 N–H and O–H groups in total. The fourth-order valence-corrected chi connectivity index (χ4v) is 2.82. The van der Waals surface area contributed by atoms with Gasteiger partial charge in [0, 0.05) is 6.92 Å². The zero-order valence-electron chi connectivity index (χ0n) is 14.0. The van der Waals surface area contributed by atoms with Gasteiger partial charge in [-0.25, -0.2) is 4.79 Å². The largest absolute Gasteiger partial charge is 0.440 e. The van der Waals surface area contributed by atoms with Crippen LogP contribution in [0.5, 0.6) is 0 Å². The second kappa shape index (κ2) is 6.90. The third kappa shape index (κ3) is 3.09. The van der Waals surface area contributed by atoms with Crippen LogP contribution in [0, 0.1) is 0 Å². The van der Waals surface area contributed by atoms with E-state index in [0.29, 0.717) is 4.68 Å². The maximum atomic E-state index is 12.1. The van der Waals surface area contributed by atoms with Crippen molar-refractivity contribution >= 4 is 17.5 Å². The van der Waals surface area contributed by atoms with Crippen LogP contribution in [0.15, 0.2) is 15.8 Å². The minimum Gasteiger partial charge on any atom is -0.440 e. The molecule has 1 aromatic heterocycles. The number of H-pyrrole nitrogens is 1. The summed E-state index contributed by atoms with van der Waals surface area (Å²) < 4.78 is 10.8. The van der Waals surface area contributed by atoms with E-state index in [2.05, 4.69) is 5.10 Å². The lowest BCUT2D eigenvalue weighted by Crippen LogP contribution is -2.60. The molecule has 0 radical (unpaired) electrons. The number of esters is 1. The highest BCUT2D eigenvalue weighted by Gasteiger charge is 2.61. The summed E-state index contributed by atoms with van der Waals surface area (Å²) in [5.41, 5.74) is -4.39. The van der Waals surface area contributed by atoms with Crippen LogP contribution in [0.25, 0.3) is 0 Å². The number of ether oxygens (including phenoxy) is 2. The summed E-state index contributed by atoms with van der Waals surface area (Å²) in [7, 11) is 0. The summed E-state index contributed by atoms with van der Waals surface area (Å²) in [6.07, 6.45) is -6.42. The zero-order valence-corrected chi connectivity index (χ0v) is 14.0. The Bertz CT molecular complexity index is 844. The van der Waals surface area contributed by atoms with Gasteiger partial charge in [0.05, 0.1) is 0 Å². The molecule has 1 aliphatic rings. The average molecular weight is 371 g/mol. The van der Waals surface area contributed by atoms with E-state index in [0.717, 1.165) is 27.0 Å². The normalized spacial score (nSPS) is 25.7. The van der Waals surface area contributed by atoms with Crippen LogP contribution in [-0.4, -0.2) is 66.4 Å². The Balaban J connectivity index is 2.54. The first-order chi connectivity index (χ1) is 12.0. The molecule has 0 spiro atoms. The van der Waals surface area contributed by atoms with Crippen LogP contribution >= 0.6 is 0 Å². The predicted octanol–water partition coefficient (Wildman–Crippen LogP) is -2.97. The summed E-state index contributed by atoms with van der Waals surface area (Å²) in [6.45, 7) is 2.85. The highest BCUT2D eigenvalue weighted by molar-refractivity contribution is 6.10. The molecular formula is C14H17N3O9. The number of aromatic nitrogens is 3. The molecule has 12 nitrogen and oxygen atoms in total. The molecule has 2 heterocycles. The molecule has 1 aromatic rings. The quantitative estimate of drug-likeness (QED) is 0.357. The molecule has 12 heteroatoms. The Morgan fingerprint density at radius 1 is 1.19 bits per heavy atom. The van der Waals surface area contributed by atoms with Crippen molar-refractivity contribution in [2.45, 2.75) is 50.9 Å². The number of rotatable bonds is 5. The Morgan fingerprint density at radius 3 is 2.23 bits per heavy atom. The second-order valence-corrected chi connectivity index (χ2v) is 5.75. The molecule has 0 unspecified atom stereocenters. The summed E-state index contributed by atoms with van der Waals surface area (Å²) in [5, 5.41) is 24.0. The third-order valence-electron chi connectivity index (χ3n) is 3.97. The number of ketones is 2. The van der Waals surface area contributed by atoms with E-state index < -0.39 is 58.9 Å². The monoisotopic (exact) mass is 371 g/mol. The highest BCUT2D eigenvalue weighted by atomic mass is 16.6. The van der Waals surface area contributed by atoms with E-state index in [-0.39, 0.29) is 0 Å². The van der Waals surface area contributed by atoms with Crippen molar-refractivity contribution in [1.29, 1.82) is 0 Å². The lowest BCUT2D eigenvalue weighted by Gasteiger charge is -2.34. The maximum absolute atomic E-state index is 12.1. The molecule has 26 heavy (non-hydrogen) atoms. The van der Waals surface area contributed by atoms with Gasteiger partial charge in [0.15, 0.2) is 17.8 Å². The molecule has 4 atom stereocenters. The van der Waals surface area contributed by atoms with Crippen LogP contribution in [0.2, 0.25) is 0 Å². The van der Waals surface area contributed by atoms with E-state index in [1.807, 2.05) is 4.98 Å². The van der Waals surface area contributed by atoms with Gasteiger partial charge in [-0.3, -0.25) is 24.2 Å². The fourth-order valence-electron chi connectivity index (χ4n) is 2.82. The SMILES string of the molecule is CC(=O)OC(C(C)=O)(C(C)=O)[C@H]1O[C@@H](n2ncc(=O)[nH]c2=O)[C@H](O)[C@@H]1O. The van der Waals surface area contributed by atoms with Gasteiger partial charge < -0.3 is 19.7 Å². The lowest BCUT2D eigenvalue weighted by atomic mass is 9.84. The van der Waals surface area contributed by atoms with Crippen molar-refractivity contribution in [2.24, 2.45) is 0 Å². The van der Waals surface area contributed by atoms with Gasteiger partial charge in [0.25, 0.3) is 11.2 Å². The maximum Gasteiger partial charge on any atom is 0.347 e. The molecule has 0 aromatic carbocycles. The van der Waals surface area contributed by atoms with Crippen LogP contribution in [0.1, 0.15) is 27.0 Å². The number of aromatic amines is 1. The number of carbonyl (C=O) groups is 3. The number of nitrogens with one attached hydrogen (secondary N) is 1. The first-order valence-corrected chi connectivity index (χ1v) is 7.43. The molecule has 0 amide bonds. The first kappa shape index (κ1) is 19.6. The van der Waals surface area contributed by atoms with E-state index in [9.17, 15) is 34.2 Å². The summed E-state index contributed by atoms with van der Waals surface area (Å²) in [4.78, 5) is 60.5. The minimum atomic E-state index is -2.52. The van der Waals surface area contributed by atoms with Crippen molar-refractivity contribution in [3.8, 4) is 0 Å². The highest BCUT2D eigenvalue weighted by Crippen LogP contribution is 2.37. The van der Waals surface area contributed by atoms with Crippen molar-refractivity contribution in [3.05, 3.63) is 27.0 Å². The number of carbonyl (C=O) groups excluding carboxylic acids is 3. The summed E-state index contributed by atoms with van der Waals surface area (Å²) in [5.74, 6) is -2.89. The van der Waals surface area contributed by atoms with Crippen molar-refractivity contribution in [2.75, 3.05) is 0 Å². The van der Waals surface area contributed by atoms with E-state index >= 15 is 0 Å². The van der Waals surface area contributed by atoms with Gasteiger partial charge >= 0.3 is 11.7 Å². The molecular weight excluding hydrogens is 354 g/mol. The lowest BCUT2D eigenvalue weighted by molar-refractivity contribution is -0.193. The van der Waals surface area contributed by atoms with Crippen LogP contribution in [-0.2, 0) is 23.9 Å². The minimum absolute atomic E-state index is 0.522. The summed E-state index contributed by atoms with van der Waals surface area (Å²) in [6, 6.07) is 0. The molecule has 0 aliphatic carbocycles. The van der Waals surface area contributed by atoms with Crippen LogP contribution < -0.4 is 11.2 Å². The number of hydrogen-bond acceptors (Lipinski definition) is 10. The molecule has 0 saturated carbocycles. The van der Waals surface area contributed by atoms with E-state index in [1.165, 1.54) is 0 Å². The van der Waals surface area contributed by atoms with Gasteiger partial charge in [-0.2, -0.15) is 9.78 Å². The van der Waals surface area contributed by atoms with E-state index in [4.69, 9.17) is 9.47 Å². The summed E-state index contributed by atoms with van der Waals surface area (Å²) >= 11 is 0. The predicted molar refractivity (Wildman–Crippen MR) is 80.9 cm³/mol. The second-order valence-electron chi connectivity index (χ2n) is 5.75. The van der Waals surface area contributed by atoms with Gasteiger partial charge in [0.1, 0.15) is 24.5 Å². The van der Waals surface area contributed by atoms with Crippen molar-refractivity contribution in [3.63, 3.8) is 0 Å². The molecule has 2 rings (SSSR count). The Kier molecular flexibility index (Phi) is 5.21. The first-order valence-electron chi connectivity index (χ1n) is 7.43. The number of aliphatic hydroxyl groups excluding tert-OH is 2. The van der Waals surface area contributed by atoms with Gasteiger partial charge in [-0.05, 0) is 13.8 Å². The smallest absolute Gasteiger partial charge is 0.347 e. The van der Waals surface area contributed by atoms with Gasteiger partial charge in [-0.1, -0.05) is 0 Å². The van der Waals surface area contributed by atoms with Gasteiger partial charge in [-0.15, -0.1) is 0 Å². The van der Waals surface area contributed by atoms with Gasteiger partial charge in [0.2, 0.25) is 0 Å². The van der Waals surface area contributed by atoms with Crippen molar-refractivity contribution < 1.29 is 34.1 Å². The number of nitrogens with zero attached hydrogens (tertiary/aromatic N) is 2. The Labute approximate surface area is 145 Å². The van der Waals surface area contributed by atoms with Crippen molar-refractivity contribution in [1.82, 2.24) is 14.8 Å². The number of aliphatic hydroxyl groups is 2.